The Balaban J connectivity index is 1.41. The van der Waals surface area contributed by atoms with Gasteiger partial charge in [0.15, 0.2) is 5.13 Å². The predicted molar refractivity (Wildman–Crippen MR) is 117 cm³/mol. The Kier molecular flexibility index (Phi) is 5.94. The summed E-state index contributed by atoms with van der Waals surface area (Å²) in [6.45, 7) is 0.911. The fraction of sp³-hybridized carbons (Fsp3) is 0.300. The van der Waals surface area contributed by atoms with E-state index in [0.717, 1.165) is 21.5 Å². The number of aliphatic carboxylic acids is 1. The molecule has 1 aliphatic rings. The quantitative estimate of drug-likeness (QED) is 0.444. The molecule has 0 bridgehead atoms. The maximum Gasteiger partial charge on any atom is 0.320 e. The number of hydrogen-bond donors (Lipinski definition) is 4. The predicted octanol–water partition coefficient (Wildman–Crippen LogP) is 2.61. The van der Waals surface area contributed by atoms with Crippen molar-refractivity contribution in [3.05, 3.63) is 45.6 Å². The van der Waals surface area contributed by atoms with Crippen LogP contribution >= 0.6 is 22.9 Å². The number of carboxylic acids is 1. The molecule has 0 fully saturated rings. The number of benzene rings is 1. The Labute approximate surface area is 186 Å². The maximum atomic E-state index is 13.0. The van der Waals surface area contributed by atoms with Gasteiger partial charge in [0.1, 0.15) is 11.7 Å². The largest absolute Gasteiger partial charge is 0.480 e. The van der Waals surface area contributed by atoms with Gasteiger partial charge in [-0.25, -0.2) is 4.98 Å². The van der Waals surface area contributed by atoms with Gasteiger partial charge in [-0.3, -0.25) is 14.4 Å². The normalized spacial score (nSPS) is 14.3. The molecule has 2 aromatic heterocycles. The van der Waals surface area contributed by atoms with Crippen molar-refractivity contribution >= 4 is 56.8 Å². The highest BCUT2D eigenvalue weighted by Crippen LogP contribution is 2.30. The molecule has 1 aromatic carbocycles. The SMILES string of the molecule is N[C@@H](CCC(=O)Nc1nc2c(s1)CN(C(=O)c1cc3c(Cl)cccc3[nH]1)CC2)C(=O)O. The number of rotatable bonds is 6. The summed E-state index contributed by atoms with van der Waals surface area (Å²) in [5.74, 6) is -1.61. The molecule has 0 unspecified atom stereocenters. The van der Waals surface area contributed by atoms with Gasteiger partial charge >= 0.3 is 5.97 Å². The Morgan fingerprint density at radius 2 is 2.19 bits per heavy atom. The van der Waals surface area contributed by atoms with Crippen LogP contribution in [-0.4, -0.2) is 50.3 Å². The fourth-order valence-electron chi connectivity index (χ4n) is 3.42. The van der Waals surface area contributed by atoms with E-state index in [0.29, 0.717) is 35.4 Å². The van der Waals surface area contributed by atoms with Crippen LogP contribution in [0.5, 0.6) is 0 Å². The number of aromatic nitrogens is 2. The van der Waals surface area contributed by atoms with Gasteiger partial charge in [-0.05, 0) is 24.6 Å². The number of carboxylic acid groups (broad SMARTS) is 1. The van der Waals surface area contributed by atoms with E-state index < -0.39 is 12.0 Å². The van der Waals surface area contributed by atoms with Gasteiger partial charge < -0.3 is 26.0 Å². The zero-order valence-electron chi connectivity index (χ0n) is 16.4. The van der Waals surface area contributed by atoms with Crippen molar-refractivity contribution in [3.8, 4) is 0 Å². The van der Waals surface area contributed by atoms with Crippen LogP contribution in [0.1, 0.15) is 33.9 Å². The van der Waals surface area contributed by atoms with Crippen LogP contribution in [0, 0.1) is 0 Å². The Bertz CT molecular complexity index is 1170. The number of carbonyl (C=O) groups is 3. The third-order valence-electron chi connectivity index (χ3n) is 5.11. The maximum absolute atomic E-state index is 13.0. The third kappa shape index (κ3) is 4.55. The molecule has 3 heterocycles. The van der Waals surface area contributed by atoms with Gasteiger partial charge in [-0.1, -0.05) is 29.0 Å². The molecule has 162 valence electrons. The van der Waals surface area contributed by atoms with Crippen molar-refractivity contribution < 1.29 is 19.5 Å². The summed E-state index contributed by atoms with van der Waals surface area (Å²) < 4.78 is 0. The summed E-state index contributed by atoms with van der Waals surface area (Å²) in [6, 6.07) is 6.16. The fourth-order valence-corrected chi connectivity index (χ4v) is 4.69. The Hall–Kier alpha value is -2.95. The number of carbonyl (C=O) groups excluding carboxylic acids is 2. The smallest absolute Gasteiger partial charge is 0.320 e. The van der Waals surface area contributed by atoms with E-state index in [4.69, 9.17) is 22.4 Å². The van der Waals surface area contributed by atoms with E-state index in [-0.39, 0.29) is 24.7 Å². The lowest BCUT2D eigenvalue weighted by molar-refractivity contribution is -0.138. The number of thiazole rings is 1. The van der Waals surface area contributed by atoms with Gasteiger partial charge in [-0.15, -0.1) is 0 Å². The van der Waals surface area contributed by atoms with Crippen LogP contribution in [0.4, 0.5) is 5.13 Å². The second-order valence-corrected chi connectivity index (χ2v) is 8.77. The number of nitrogens with one attached hydrogen (secondary N) is 2. The molecular weight excluding hydrogens is 442 g/mol. The lowest BCUT2D eigenvalue weighted by atomic mass is 10.1. The number of anilines is 1. The number of fused-ring (bicyclic) bond motifs is 2. The number of halogens is 1. The number of nitrogens with two attached hydrogens (primary N) is 1. The first kappa shape index (κ1) is 21.3. The van der Waals surface area contributed by atoms with Crippen LogP contribution in [-0.2, 0) is 22.6 Å². The zero-order valence-corrected chi connectivity index (χ0v) is 17.9. The van der Waals surface area contributed by atoms with Crippen molar-refractivity contribution in [2.24, 2.45) is 5.73 Å². The summed E-state index contributed by atoms with van der Waals surface area (Å²) in [7, 11) is 0. The molecule has 2 amide bonds. The first-order valence-corrected chi connectivity index (χ1v) is 10.8. The highest BCUT2D eigenvalue weighted by atomic mass is 35.5. The van der Waals surface area contributed by atoms with Gasteiger partial charge in [0.25, 0.3) is 5.91 Å². The molecule has 5 N–H and O–H groups in total. The molecule has 4 rings (SSSR count). The minimum absolute atomic E-state index is 0.00866. The molecule has 0 saturated carbocycles. The second-order valence-electron chi connectivity index (χ2n) is 7.28. The van der Waals surface area contributed by atoms with E-state index in [1.54, 1.807) is 17.0 Å². The van der Waals surface area contributed by atoms with E-state index in [1.807, 2.05) is 12.1 Å². The zero-order chi connectivity index (χ0) is 22.1. The molecule has 11 heteroatoms. The lowest BCUT2D eigenvalue weighted by Gasteiger charge is -2.25. The monoisotopic (exact) mass is 461 g/mol. The third-order valence-corrected chi connectivity index (χ3v) is 6.43. The number of aromatic amines is 1. The minimum Gasteiger partial charge on any atom is -0.480 e. The van der Waals surface area contributed by atoms with E-state index in [9.17, 15) is 14.4 Å². The minimum atomic E-state index is -1.14. The molecule has 31 heavy (non-hydrogen) atoms. The van der Waals surface area contributed by atoms with Gasteiger partial charge in [0, 0.05) is 40.2 Å². The topological polar surface area (TPSA) is 141 Å². The van der Waals surface area contributed by atoms with Gasteiger partial charge in [0.2, 0.25) is 5.91 Å². The number of amides is 2. The van der Waals surface area contributed by atoms with Crippen molar-refractivity contribution in [2.45, 2.75) is 31.8 Å². The summed E-state index contributed by atoms with van der Waals surface area (Å²) in [5.41, 5.74) is 7.55. The summed E-state index contributed by atoms with van der Waals surface area (Å²) in [6.07, 6.45) is 0.618. The van der Waals surface area contributed by atoms with E-state index in [2.05, 4.69) is 15.3 Å². The molecule has 3 aromatic rings. The average molecular weight is 462 g/mol. The lowest BCUT2D eigenvalue weighted by Crippen LogP contribution is -2.35. The molecule has 0 spiro atoms. The van der Waals surface area contributed by atoms with Crippen molar-refractivity contribution in [2.75, 3.05) is 11.9 Å². The first-order valence-electron chi connectivity index (χ1n) is 9.65. The number of nitrogens with zero attached hydrogens (tertiary/aromatic N) is 2. The molecule has 9 nitrogen and oxygen atoms in total. The van der Waals surface area contributed by atoms with Crippen LogP contribution in [0.3, 0.4) is 0 Å². The molecule has 0 saturated heterocycles. The number of H-pyrrole nitrogens is 1. The second kappa shape index (κ2) is 8.66. The van der Waals surface area contributed by atoms with Crippen LogP contribution in [0.15, 0.2) is 24.3 Å². The van der Waals surface area contributed by atoms with Crippen molar-refractivity contribution in [1.82, 2.24) is 14.9 Å². The van der Waals surface area contributed by atoms with Crippen LogP contribution < -0.4 is 11.1 Å². The van der Waals surface area contributed by atoms with Gasteiger partial charge in [0.05, 0.1) is 12.2 Å². The summed E-state index contributed by atoms with van der Waals surface area (Å²) in [4.78, 5) is 46.0. The Morgan fingerprint density at radius 3 is 2.94 bits per heavy atom. The van der Waals surface area contributed by atoms with Crippen LogP contribution in [0.2, 0.25) is 5.02 Å². The highest BCUT2D eigenvalue weighted by Gasteiger charge is 2.26. The Morgan fingerprint density at radius 1 is 1.39 bits per heavy atom. The van der Waals surface area contributed by atoms with E-state index >= 15 is 0 Å². The molecule has 0 radical (unpaired) electrons. The average Bonchev–Trinajstić information content (AvgIpc) is 3.35. The molecule has 0 aliphatic carbocycles. The highest BCUT2D eigenvalue weighted by molar-refractivity contribution is 7.15. The number of hydrogen-bond acceptors (Lipinski definition) is 6. The molecule has 1 atom stereocenters. The van der Waals surface area contributed by atoms with E-state index in [1.165, 1.54) is 11.3 Å². The molecular formula is C20H20ClN5O4S. The summed E-state index contributed by atoms with van der Waals surface area (Å²) in [5, 5.41) is 13.3. The van der Waals surface area contributed by atoms with Gasteiger partial charge in [-0.2, -0.15) is 0 Å². The first-order chi connectivity index (χ1) is 14.8. The van der Waals surface area contributed by atoms with Crippen molar-refractivity contribution in [3.63, 3.8) is 0 Å². The summed E-state index contributed by atoms with van der Waals surface area (Å²) >= 11 is 7.52. The standard InChI is InChI=1S/C20H20ClN5O4S/c21-11-2-1-3-13-10(11)8-15(23-13)18(28)26-7-6-14-16(9-26)31-20(24-14)25-17(27)5-4-12(22)19(29)30/h1-3,8,12,23H,4-7,9,22H2,(H,29,30)(H,24,25,27)/t12-/m0/s1. The van der Waals surface area contributed by atoms with Crippen molar-refractivity contribution in [1.29, 1.82) is 0 Å². The van der Waals surface area contributed by atoms with Crippen LogP contribution in [0.25, 0.3) is 10.9 Å². The molecule has 1 aliphatic heterocycles.